The van der Waals surface area contributed by atoms with Gasteiger partial charge in [0.05, 0.1) is 0 Å². The Hall–Kier alpha value is -2.62. The molecule has 0 spiro atoms. The molecule has 2 aliphatic carbocycles. The summed E-state index contributed by atoms with van der Waals surface area (Å²) >= 11 is -2.69. The van der Waals surface area contributed by atoms with Gasteiger partial charge >= 0.3 is 246 Å². The van der Waals surface area contributed by atoms with Crippen LogP contribution in [0.3, 0.4) is 0 Å². The van der Waals surface area contributed by atoms with Crippen LogP contribution in [0.25, 0.3) is 12.2 Å². The zero-order valence-electron chi connectivity index (χ0n) is 24.1. The molecule has 4 aromatic carbocycles. The summed E-state index contributed by atoms with van der Waals surface area (Å²) in [5.74, 6) is 0.283. The molecule has 210 valence electrons. The zero-order chi connectivity index (χ0) is 28.0. The summed E-state index contributed by atoms with van der Waals surface area (Å²) in [5.41, 5.74) is 9.52. The Morgan fingerprint density at radius 2 is 0.929 bits per heavy atom. The monoisotopic (exact) mass is 684 g/mol. The molecule has 2 aliphatic rings. The van der Waals surface area contributed by atoms with Crippen LogP contribution in [0, 0.1) is 13.8 Å². The Balaban J connectivity index is 0.00000202. The minimum atomic E-state index is -2.69. The molecule has 0 saturated carbocycles. The zero-order valence-corrected chi connectivity index (χ0v) is 29.1. The second kappa shape index (κ2) is 13.3. The first kappa shape index (κ1) is 32.3. The van der Waals surface area contributed by atoms with Crippen molar-refractivity contribution < 1.29 is 54.8 Å². The number of carbonyl (C=O) groups excluding carboxylic acids is 2. The molecular weight excluding hydrogens is 655 g/mol. The molecule has 2 unspecified atom stereocenters. The van der Waals surface area contributed by atoms with Gasteiger partial charge in [-0.2, -0.15) is 0 Å². The largest absolute Gasteiger partial charge is 1.00 e. The van der Waals surface area contributed by atoms with E-state index in [1.54, 1.807) is 0 Å². The molecule has 2 atom stereocenters. The summed E-state index contributed by atoms with van der Waals surface area (Å²) in [6.45, 7) is 8.89. The number of Topliss-reactive ketones (excluding diaryl/α,β-unsaturated/α-hetero) is 2. The summed E-state index contributed by atoms with van der Waals surface area (Å²) in [7, 11) is 0. The molecule has 2 nitrogen and oxygen atoms in total. The smallest absolute Gasteiger partial charge is 1.00 e. The van der Waals surface area contributed by atoms with Crippen LogP contribution in [-0.4, -0.2) is 17.0 Å². The number of rotatable bonds is 6. The van der Waals surface area contributed by atoms with Gasteiger partial charge in [-0.3, -0.25) is 0 Å². The van der Waals surface area contributed by atoms with Gasteiger partial charge in [0.1, 0.15) is 0 Å². The van der Waals surface area contributed by atoms with Crippen LogP contribution in [0.5, 0.6) is 0 Å². The third-order valence-corrected chi connectivity index (χ3v) is 27.6. The summed E-state index contributed by atoms with van der Waals surface area (Å²) in [6, 6.07) is 33.0. The van der Waals surface area contributed by atoms with E-state index in [1.165, 1.54) is 11.1 Å². The average Bonchev–Trinajstić information content (AvgIpc) is 3.53. The van der Waals surface area contributed by atoms with Crippen molar-refractivity contribution in [3.63, 3.8) is 0 Å². The molecule has 6 rings (SSSR count). The van der Waals surface area contributed by atoms with Gasteiger partial charge in [0.25, 0.3) is 0 Å². The summed E-state index contributed by atoms with van der Waals surface area (Å²) in [4.78, 5) is 28.6. The predicted octanol–water partition coefficient (Wildman–Crippen LogP) is 2.52. The molecule has 0 amide bonds. The van der Waals surface area contributed by atoms with Crippen molar-refractivity contribution in [1.29, 1.82) is 0 Å². The fourth-order valence-electron chi connectivity index (χ4n) is 6.42. The molecule has 0 bridgehead atoms. The van der Waals surface area contributed by atoms with Crippen molar-refractivity contribution in [1.82, 2.24) is 0 Å². The second-order valence-corrected chi connectivity index (χ2v) is 28.9. The number of aryl methyl sites for hydroxylation is 2. The molecule has 0 aromatic heterocycles. The summed E-state index contributed by atoms with van der Waals surface area (Å²) in [5, 5.41) is 0. The Labute approximate surface area is 269 Å². The van der Waals surface area contributed by atoms with Crippen LogP contribution in [0.2, 0.25) is 13.1 Å². The molecule has 42 heavy (non-hydrogen) atoms. The first-order chi connectivity index (χ1) is 19.4. The van der Waals surface area contributed by atoms with Gasteiger partial charge in [-0.1, -0.05) is 0 Å². The minimum Gasteiger partial charge on any atom is -1.00 e. The first-order valence-electron chi connectivity index (χ1n) is 13.9. The molecule has 0 fully saturated rings. The van der Waals surface area contributed by atoms with Gasteiger partial charge in [0.2, 0.25) is 0 Å². The summed E-state index contributed by atoms with van der Waals surface area (Å²) in [6.07, 6.45) is 4.32. The van der Waals surface area contributed by atoms with Crippen LogP contribution >= 0.6 is 0 Å². The first-order valence-corrected chi connectivity index (χ1v) is 22.9. The van der Waals surface area contributed by atoms with E-state index in [1.807, 2.05) is 62.4 Å². The maximum atomic E-state index is 14.3. The van der Waals surface area contributed by atoms with E-state index in [0.29, 0.717) is 0 Å². The number of fused-ring (bicyclic) bond motifs is 2. The van der Waals surface area contributed by atoms with E-state index in [4.69, 9.17) is 0 Å². The Kier molecular flexibility index (Phi) is 10.3. The van der Waals surface area contributed by atoms with Crippen LogP contribution in [-0.2, 0) is 20.4 Å². The van der Waals surface area contributed by atoms with Gasteiger partial charge in [0, 0.05) is 0 Å². The fraction of sp³-hybridized carbons (Fsp3) is 0.167. The molecule has 4 aromatic rings. The predicted molar refractivity (Wildman–Crippen MR) is 163 cm³/mol. The van der Waals surface area contributed by atoms with Gasteiger partial charge in [-0.05, 0) is 0 Å². The van der Waals surface area contributed by atoms with Gasteiger partial charge in [-0.15, -0.1) is 0 Å². The molecule has 6 heteroatoms. The number of allylic oxidation sites excluding steroid dienone is 2. The second-order valence-electron chi connectivity index (χ2n) is 11.1. The minimum absolute atomic E-state index is 0. The molecule has 0 radical (unpaired) electrons. The van der Waals surface area contributed by atoms with Crippen molar-refractivity contribution >= 4 is 29.2 Å². The molecule has 0 aliphatic heterocycles. The normalized spacial score (nSPS) is 16.0. The van der Waals surface area contributed by atoms with Crippen molar-refractivity contribution in [2.24, 2.45) is 0 Å². The Morgan fingerprint density at radius 1 is 0.571 bits per heavy atom. The third-order valence-electron chi connectivity index (χ3n) is 8.36. The van der Waals surface area contributed by atoms with Crippen LogP contribution in [0.1, 0.15) is 61.3 Å². The number of ketones is 2. The maximum Gasteiger partial charge on any atom is -1.00 e. The number of hydrogen-bond acceptors (Lipinski definition) is 2. The molecule has 0 N–H and O–H groups in total. The quantitative estimate of drug-likeness (QED) is 0.231. The van der Waals surface area contributed by atoms with E-state index in [2.05, 4.69) is 73.8 Å². The van der Waals surface area contributed by atoms with Crippen molar-refractivity contribution in [2.75, 3.05) is 0 Å². The van der Waals surface area contributed by atoms with Gasteiger partial charge in [0.15, 0.2) is 0 Å². The standard InChI is InChI=1S/2C17H13O.C2H6Si.2ClH.Zr/c2*1-12-6-2-5-9-16(12)17(18)15-10-13-7-3-4-8-14(13)11-15;1-3-2;;;/h2*2-11H,1H3;1-2H3;2*1H;/q;;;;;+2/p-2. The van der Waals surface area contributed by atoms with E-state index in [0.717, 1.165) is 44.5 Å². The maximum absolute atomic E-state index is 14.3. The summed E-state index contributed by atoms with van der Waals surface area (Å²) < 4.78 is 0.220. The molecular formula is C36H32Cl2O2SiZr. The Bertz CT molecular complexity index is 1670. The van der Waals surface area contributed by atoms with Gasteiger partial charge in [-0.25, -0.2) is 0 Å². The SMILES string of the molecule is Cc1ccccc1C(=O)C1=Cc2ccccc2[CH]1[Zr+2]([CH]1C(C(=O)c2ccccc2C)=Cc2ccccc21)=[Si](C)C.[Cl-].[Cl-]. The van der Waals surface area contributed by atoms with Crippen molar-refractivity contribution in [3.05, 3.63) is 153 Å². The van der Waals surface area contributed by atoms with Crippen LogP contribution in [0.4, 0.5) is 0 Å². The van der Waals surface area contributed by atoms with Crippen molar-refractivity contribution in [3.8, 4) is 0 Å². The number of carbonyl (C=O) groups is 2. The number of halogens is 2. The topological polar surface area (TPSA) is 34.1 Å². The van der Waals surface area contributed by atoms with Crippen LogP contribution in [0.15, 0.2) is 108 Å². The number of hydrogen-bond donors (Lipinski definition) is 0. The van der Waals surface area contributed by atoms with E-state index in [-0.39, 0.29) is 43.6 Å². The van der Waals surface area contributed by atoms with Crippen molar-refractivity contribution in [2.45, 2.75) is 34.2 Å². The average molecular weight is 687 g/mol. The Morgan fingerprint density at radius 3 is 1.31 bits per heavy atom. The third kappa shape index (κ3) is 5.67. The van der Waals surface area contributed by atoms with E-state index in [9.17, 15) is 9.59 Å². The number of benzene rings is 4. The molecule has 0 heterocycles. The van der Waals surface area contributed by atoms with Gasteiger partial charge < -0.3 is 24.8 Å². The van der Waals surface area contributed by atoms with E-state index < -0.39 is 25.8 Å². The molecule has 0 saturated heterocycles. The van der Waals surface area contributed by atoms with Crippen LogP contribution < -0.4 is 24.8 Å². The van der Waals surface area contributed by atoms with E-state index >= 15 is 0 Å². The fourth-order valence-corrected chi connectivity index (χ4v) is 26.2.